The van der Waals surface area contributed by atoms with E-state index in [0.29, 0.717) is 0 Å². The maximum atomic E-state index is 4.42. The first-order valence-corrected chi connectivity index (χ1v) is 6.17. The van der Waals surface area contributed by atoms with Gasteiger partial charge in [0.15, 0.2) is 0 Å². The minimum Gasteiger partial charge on any atom is -0.299 e. The largest absolute Gasteiger partial charge is 0.299 e. The van der Waals surface area contributed by atoms with E-state index in [4.69, 9.17) is 0 Å². The summed E-state index contributed by atoms with van der Waals surface area (Å²) in [5.41, 5.74) is 3.42. The van der Waals surface area contributed by atoms with Crippen molar-refractivity contribution in [2.75, 3.05) is 0 Å². The number of hydrogen-bond donors (Lipinski definition) is 0. The van der Waals surface area contributed by atoms with Crippen molar-refractivity contribution in [1.29, 1.82) is 0 Å². The number of benzene rings is 1. The number of hydrogen-bond acceptors (Lipinski definition) is 1. The summed E-state index contributed by atoms with van der Waals surface area (Å²) in [6.07, 6.45) is 12.7. The smallest absolute Gasteiger partial charge is 0.100 e. The lowest BCUT2D eigenvalue weighted by Crippen LogP contribution is -2.01. The van der Waals surface area contributed by atoms with Gasteiger partial charge < -0.3 is 0 Å². The molecule has 0 amide bonds. The van der Waals surface area contributed by atoms with Gasteiger partial charge in [-0.15, -0.1) is 0 Å². The molecule has 2 nitrogen and oxygen atoms in total. The highest BCUT2D eigenvalue weighted by molar-refractivity contribution is 5.81. The second-order valence-electron chi connectivity index (χ2n) is 5.21. The lowest BCUT2D eigenvalue weighted by Gasteiger charge is -2.12. The van der Waals surface area contributed by atoms with E-state index in [0.717, 1.165) is 16.7 Å². The van der Waals surface area contributed by atoms with E-state index < -0.39 is 0 Å². The maximum Gasteiger partial charge on any atom is 0.100 e. The summed E-state index contributed by atoms with van der Waals surface area (Å²) < 4.78 is 2.12. The predicted molar refractivity (Wildman–Crippen MR) is 76.1 cm³/mol. The molecule has 0 saturated carbocycles. The second-order valence-corrected chi connectivity index (χ2v) is 5.21. The van der Waals surface area contributed by atoms with Crippen molar-refractivity contribution in [1.82, 2.24) is 9.55 Å². The van der Waals surface area contributed by atoms with Crippen LogP contribution in [0.25, 0.3) is 16.7 Å². The zero-order valence-corrected chi connectivity index (χ0v) is 10.7. The van der Waals surface area contributed by atoms with Crippen LogP contribution in [0.3, 0.4) is 0 Å². The molecule has 1 heterocycles. The van der Waals surface area contributed by atoms with Crippen LogP contribution in [0.15, 0.2) is 61.0 Å². The SMILES string of the molecule is CC1(C)C=CC=C(n2cnc3ccccc32)C=C1. The van der Waals surface area contributed by atoms with E-state index >= 15 is 0 Å². The lowest BCUT2D eigenvalue weighted by atomic mass is 9.93. The molecule has 2 heteroatoms. The van der Waals surface area contributed by atoms with E-state index in [2.05, 4.69) is 59.8 Å². The van der Waals surface area contributed by atoms with Gasteiger partial charge in [0.05, 0.1) is 11.0 Å². The maximum absolute atomic E-state index is 4.42. The molecule has 3 rings (SSSR count). The Hall–Kier alpha value is -2.09. The summed E-state index contributed by atoms with van der Waals surface area (Å²) in [5.74, 6) is 0. The Balaban J connectivity index is 2.11. The molecule has 0 spiro atoms. The number of rotatable bonds is 1. The highest BCUT2D eigenvalue weighted by Crippen LogP contribution is 2.25. The molecule has 0 radical (unpaired) electrons. The summed E-state index contributed by atoms with van der Waals surface area (Å²) >= 11 is 0. The number of imidazole rings is 1. The molecule has 0 N–H and O–H groups in total. The minimum atomic E-state index is 0.106. The van der Waals surface area contributed by atoms with Gasteiger partial charge in [0.25, 0.3) is 0 Å². The molecule has 0 atom stereocenters. The Morgan fingerprint density at radius 1 is 1.11 bits per heavy atom. The quantitative estimate of drug-likeness (QED) is 0.731. The molecule has 90 valence electrons. The molecule has 1 aliphatic carbocycles. The van der Waals surface area contributed by atoms with Crippen molar-refractivity contribution in [2.24, 2.45) is 5.41 Å². The number of allylic oxidation sites excluding steroid dienone is 6. The fraction of sp³-hybridized carbons (Fsp3) is 0.188. The Bertz CT molecular complexity index is 669. The van der Waals surface area contributed by atoms with Crippen molar-refractivity contribution in [3.8, 4) is 0 Å². The third kappa shape index (κ3) is 1.90. The zero-order chi connectivity index (χ0) is 12.6. The van der Waals surface area contributed by atoms with E-state index in [9.17, 15) is 0 Å². The molecule has 0 aliphatic heterocycles. The van der Waals surface area contributed by atoms with Crippen LogP contribution in [0.1, 0.15) is 13.8 Å². The Labute approximate surface area is 107 Å². The molecule has 1 aliphatic rings. The highest BCUT2D eigenvalue weighted by Gasteiger charge is 2.12. The van der Waals surface area contributed by atoms with Gasteiger partial charge in [-0.3, -0.25) is 4.57 Å². The topological polar surface area (TPSA) is 17.8 Å². The Morgan fingerprint density at radius 3 is 2.83 bits per heavy atom. The van der Waals surface area contributed by atoms with Gasteiger partial charge >= 0.3 is 0 Å². The lowest BCUT2D eigenvalue weighted by molar-refractivity contribution is 0.627. The van der Waals surface area contributed by atoms with Gasteiger partial charge in [-0.2, -0.15) is 0 Å². The number of fused-ring (bicyclic) bond motifs is 1. The van der Waals surface area contributed by atoms with Crippen LogP contribution in [0.4, 0.5) is 0 Å². The van der Waals surface area contributed by atoms with Gasteiger partial charge in [0.1, 0.15) is 6.33 Å². The molecule has 1 aromatic carbocycles. The van der Waals surface area contributed by atoms with Crippen LogP contribution >= 0.6 is 0 Å². The van der Waals surface area contributed by atoms with Gasteiger partial charge in [0.2, 0.25) is 0 Å². The van der Waals surface area contributed by atoms with Gasteiger partial charge in [-0.05, 0) is 24.3 Å². The van der Waals surface area contributed by atoms with Crippen molar-refractivity contribution >= 4 is 16.7 Å². The van der Waals surface area contributed by atoms with Gasteiger partial charge in [-0.25, -0.2) is 4.98 Å². The molecule has 1 aromatic heterocycles. The number of aromatic nitrogens is 2. The van der Waals surface area contributed by atoms with E-state index in [-0.39, 0.29) is 5.41 Å². The molecule has 0 saturated heterocycles. The summed E-state index contributed by atoms with van der Waals surface area (Å²) in [7, 11) is 0. The standard InChI is InChI=1S/C16H16N2/c1-16(2)10-5-6-13(9-11-16)18-12-17-14-7-3-4-8-15(14)18/h3-12H,1-2H3. The molecule has 2 aromatic rings. The fourth-order valence-corrected chi connectivity index (χ4v) is 2.13. The zero-order valence-electron chi connectivity index (χ0n) is 10.7. The van der Waals surface area contributed by atoms with Crippen LogP contribution in [0.2, 0.25) is 0 Å². The van der Waals surface area contributed by atoms with Gasteiger partial charge in [-0.1, -0.05) is 44.2 Å². The van der Waals surface area contributed by atoms with E-state index in [1.807, 2.05) is 24.5 Å². The third-order valence-corrected chi connectivity index (χ3v) is 3.21. The first-order valence-electron chi connectivity index (χ1n) is 6.17. The average molecular weight is 236 g/mol. The van der Waals surface area contributed by atoms with Crippen LogP contribution in [0.5, 0.6) is 0 Å². The molecule has 0 unspecified atom stereocenters. The normalized spacial score (nSPS) is 17.8. The summed E-state index contributed by atoms with van der Waals surface area (Å²) in [6.45, 7) is 4.39. The van der Waals surface area contributed by atoms with E-state index in [1.54, 1.807) is 0 Å². The van der Waals surface area contributed by atoms with E-state index in [1.165, 1.54) is 0 Å². The van der Waals surface area contributed by atoms with Crippen molar-refractivity contribution in [3.05, 3.63) is 61.0 Å². The highest BCUT2D eigenvalue weighted by atomic mass is 15.0. The van der Waals surface area contributed by atoms with Crippen molar-refractivity contribution in [2.45, 2.75) is 13.8 Å². The van der Waals surface area contributed by atoms with Crippen molar-refractivity contribution < 1.29 is 0 Å². The first-order chi connectivity index (χ1) is 8.66. The fourth-order valence-electron chi connectivity index (χ4n) is 2.13. The van der Waals surface area contributed by atoms with Crippen LogP contribution in [0, 0.1) is 5.41 Å². The third-order valence-electron chi connectivity index (χ3n) is 3.21. The minimum absolute atomic E-state index is 0.106. The summed E-state index contributed by atoms with van der Waals surface area (Å²) in [6, 6.07) is 8.19. The summed E-state index contributed by atoms with van der Waals surface area (Å²) in [4.78, 5) is 4.42. The molecule has 18 heavy (non-hydrogen) atoms. The number of para-hydroxylation sites is 2. The summed E-state index contributed by atoms with van der Waals surface area (Å²) in [5, 5.41) is 0. The average Bonchev–Trinajstić information content (AvgIpc) is 2.69. The molecular formula is C16H16N2. The van der Waals surface area contributed by atoms with Gasteiger partial charge in [0, 0.05) is 11.1 Å². The van der Waals surface area contributed by atoms with Crippen LogP contribution < -0.4 is 0 Å². The molecule has 0 fully saturated rings. The predicted octanol–water partition coefficient (Wildman–Crippen LogP) is 4.03. The van der Waals surface area contributed by atoms with Crippen molar-refractivity contribution in [3.63, 3.8) is 0 Å². The number of nitrogens with zero attached hydrogens (tertiary/aromatic N) is 2. The Kier molecular flexibility index (Phi) is 2.44. The molecule has 0 bridgehead atoms. The monoisotopic (exact) mass is 236 g/mol. The first kappa shape index (κ1) is 11.0. The molecular weight excluding hydrogens is 220 g/mol. The van der Waals surface area contributed by atoms with Crippen LogP contribution in [-0.4, -0.2) is 9.55 Å². The van der Waals surface area contributed by atoms with Crippen LogP contribution in [-0.2, 0) is 0 Å². The Morgan fingerprint density at radius 2 is 1.94 bits per heavy atom. The second kappa shape index (κ2) is 3.98.